The molecule has 0 amide bonds. The van der Waals surface area contributed by atoms with Gasteiger partial charge in [-0.1, -0.05) is 13.0 Å². The highest BCUT2D eigenvalue weighted by molar-refractivity contribution is 6.01. The van der Waals surface area contributed by atoms with Crippen molar-refractivity contribution in [3.05, 3.63) is 29.6 Å². The molecule has 2 rings (SSSR count). The van der Waals surface area contributed by atoms with Gasteiger partial charge in [0.1, 0.15) is 11.3 Å². The van der Waals surface area contributed by atoms with Crippen molar-refractivity contribution in [2.24, 2.45) is 0 Å². The predicted molar refractivity (Wildman–Crippen MR) is 70.8 cm³/mol. The van der Waals surface area contributed by atoms with Crippen LogP contribution < -0.4 is 5.01 Å². The van der Waals surface area contributed by atoms with E-state index in [9.17, 15) is 9.90 Å². The Bertz CT molecular complexity index is 587. The molecule has 5 heteroatoms. The number of aromatic carboxylic acids is 1. The number of nitrogens with zero attached hydrogens (tertiary/aromatic N) is 3. The van der Waals surface area contributed by atoms with Gasteiger partial charge in [0.15, 0.2) is 0 Å². The normalized spacial score (nSPS) is 10.8. The lowest BCUT2D eigenvalue weighted by Crippen LogP contribution is -2.26. The van der Waals surface area contributed by atoms with E-state index in [1.54, 1.807) is 12.1 Å². The molecule has 0 bridgehead atoms. The van der Waals surface area contributed by atoms with Crippen molar-refractivity contribution in [2.75, 3.05) is 19.1 Å². The van der Waals surface area contributed by atoms with E-state index in [1.807, 2.05) is 29.8 Å². The van der Waals surface area contributed by atoms with E-state index in [2.05, 4.69) is 11.9 Å². The van der Waals surface area contributed by atoms with Gasteiger partial charge in [-0.15, -0.1) is 0 Å². The van der Waals surface area contributed by atoms with Crippen LogP contribution >= 0.6 is 0 Å². The maximum atomic E-state index is 11.2. The molecule has 0 aliphatic rings. The Morgan fingerprint density at radius 3 is 2.72 bits per heavy atom. The van der Waals surface area contributed by atoms with Crippen molar-refractivity contribution in [1.29, 1.82) is 0 Å². The van der Waals surface area contributed by atoms with E-state index in [0.29, 0.717) is 5.52 Å². The average Bonchev–Trinajstić information content (AvgIpc) is 2.66. The van der Waals surface area contributed by atoms with Crippen molar-refractivity contribution in [2.45, 2.75) is 19.8 Å². The van der Waals surface area contributed by atoms with E-state index >= 15 is 0 Å². The third-order valence-corrected chi connectivity index (χ3v) is 2.83. The zero-order chi connectivity index (χ0) is 13.3. The van der Waals surface area contributed by atoms with Gasteiger partial charge < -0.3 is 10.1 Å². The Morgan fingerprint density at radius 1 is 1.44 bits per heavy atom. The summed E-state index contributed by atoms with van der Waals surface area (Å²) >= 11 is 0. The standard InChI is InChI=1S/C13H17N3O2/c1-4-6-11-14-12-9(13(17)18)7-5-8-10(12)16(11)15(2)3/h5,7-8H,4,6H2,1-3H3,(H,17,18). The number of benzene rings is 1. The maximum absolute atomic E-state index is 11.2. The van der Waals surface area contributed by atoms with Crippen molar-refractivity contribution in [3.8, 4) is 0 Å². The summed E-state index contributed by atoms with van der Waals surface area (Å²) in [7, 11) is 3.85. The first-order chi connectivity index (χ1) is 8.56. The number of carbonyl (C=O) groups is 1. The lowest BCUT2D eigenvalue weighted by atomic mass is 10.2. The molecule has 96 valence electrons. The first-order valence-corrected chi connectivity index (χ1v) is 5.97. The van der Waals surface area contributed by atoms with Crippen LogP contribution in [-0.4, -0.2) is 34.8 Å². The van der Waals surface area contributed by atoms with Crippen molar-refractivity contribution in [1.82, 2.24) is 9.66 Å². The van der Waals surface area contributed by atoms with Crippen LogP contribution in [0.5, 0.6) is 0 Å². The second kappa shape index (κ2) is 4.68. The molecule has 0 spiro atoms. The molecule has 0 aliphatic carbocycles. The largest absolute Gasteiger partial charge is 0.478 e. The first kappa shape index (κ1) is 12.4. The van der Waals surface area contributed by atoms with E-state index in [-0.39, 0.29) is 5.56 Å². The number of aryl methyl sites for hydroxylation is 1. The first-order valence-electron chi connectivity index (χ1n) is 5.97. The second-order valence-electron chi connectivity index (χ2n) is 4.42. The zero-order valence-corrected chi connectivity index (χ0v) is 10.8. The minimum Gasteiger partial charge on any atom is -0.478 e. The summed E-state index contributed by atoms with van der Waals surface area (Å²) in [5, 5.41) is 11.1. The Labute approximate surface area is 106 Å². The quantitative estimate of drug-likeness (QED) is 0.896. The minimum absolute atomic E-state index is 0.255. The molecule has 5 nitrogen and oxygen atoms in total. The van der Waals surface area contributed by atoms with Crippen molar-refractivity contribution in [3.63, 3.8) is 0 Å². The van der Waals surface area contributed by atoms with E-state index in [1.165, 1.54) is 0 Å². The summed E-state index contributed by atoms with van der Waals surface area (Å²) in [5.74, 6) is -0.0433. The van der Waals surface area contributed by atoms with Crippen LogP contribution in [0, 0.1) is 0 Å². The summed E-state index contributed by atoms with van der Waals surface area (Å²) in [6.07, 6.45) is 1.80. The molecule has 0 saturated heterocycles. The number of hydrogen-bond donors (Lipinski definition) is 1. The van der Waals surface area contributed by atoms with Crippen LogP contribution in [0.15, 0.2) is 18.2 Å². The smallest absolute Gasteiger partial charge is 0.337 e. The van der Waals surface area contributed by atoms with Crippen LogP contribution in [0.2, 0.25) is 0 Å². The molecule has 0 radical (unpaired) electrons. The molecular weight excluding hydrogens is 230 g/mol. The SMILES string of the molecule is CCCc1nc2c(C(=O)O)cccc2n1N(C)C. The molecule has 0 aliphatic heterocycles. The van der Waals surface area contributed by atoms with Gasteiger partial charge in [-0.05, 0) is 18.6 Å². The summed E-state index contributed by atoms with van der Waals surface area (Å²) in [6, 6.07) is 5.24. The van der Waals surface area contributed by atoms with Gasteiger partial charge in [0.05, 0.1) is 11.1 Å². The highest BCUT2D eigenvalue weighted by Gasteiger charge is 2.17. The number of carboxylic acid groups (broad SMARTS) is 1. The number of para-hydroxylation sites is 1. The third-order valence-electron chi connectivity index (χ3n) is 2.83. The Balaban J connectivity index is 2.75. The number of imidazole rings is 1. The topological polar surface area (TPSA) is 58.4 Å². The number of carboxylic acids is 1. The minimum atomic E-state index is -0.938. The van der Waals surface area contributed by atoms with Gasteiger partial charge in [0, 0.05) is 20.5 Å². The summed E-state index contributed by atoms with van der Waals surface area (Å²) in [5.41, 5.74) is 1.65. The molecule has 1 aromatic carbocycles. The van der Waals surface area contributed by atoms with Gasteiger partial charge in [-0.25, -0.2) is 14.5 Å². The summed E-state index contributed by atoms with van der Waals surface area (Å²) in [6.45, 7) is 2.08. The zero-order valence-electron chi connectivity index (χ0n) is 10.8. The highest BCUT2D eigenvalue weighted by Crippen LogP contribution is 2.21. The number of rotatable bonds is 4. The molecular formula is C13H17N3O2. The third kappa shape index (κ3) is 1.92. The van der Waals surface area contributed by atoms with Crippen LogP contribution in [-0.2, 0) is 6.42 Å². The number of aromatic nitrogens is 2. The molecule has 1 N–H and O–H groups in total. The Hall–Kier alpha value is -2.04. The predicted octanol–water partition coefficient (Wildman–Crippen LogP) is 1.88. The van der Waals surface area contributed by atoms with E-state index in [0.717, 1.165) is 24.2 Å². The number of hydrogen-bond acceptors (Lipinski definition) is 3. The van der Waals surface area contributed by atoms with Gasteiger partial charge in [0.25, 0.3) is 0 Å². The Kier molecular flexibility index (Phi) is 3.23. The molecule has 0 fully saturated rings. The fourth-order valence-electron chi connectivity index (χ4n) is 2.14. The fraction of sp³-hybridized carbons (Fsp3) is 0.385. The highest BCUT2D eigenvalue weighted by atomic mass is 16.4. The van der Waals surface area contributed by atoms with Crippen molar-refractivity contribution >= 4 is 17.0 Å². The van der Waals surface area contributed by atoms with E-state index < -0.39 is 5.97 Å². The summed E-state index contributed by atoms with van der Waals surface area (Å²) < 4.78 is 1.96. The molecule has 18 heavy (non-hydrogen) atoms. The van der Waals surface area contributed by atoms with Gasteiger partial charge in [-0.3, -0.25) is 0 Å². The molecule has 1 heterocycles. The molecule has 0 saturated carbocycles. The van der Waals surface area contributed by atoms with Gasteiger partial charge in [-0.2, -0.15) is 0 Å². The summed E-state index contributed by atoms with van der Waals surface area (Å²) in [4.78, 5) is 15.7. The average molecular weight is 247 g/mol. The maximum Gasteiger partial charge on any atom is 0.337 e. The molecule has 0 atom stereocenters. The Morgan fingerprint density at radius 2 is 2.17 bits per heavy atom. The van der Waals surface area contributed by atoms with Crippen LogP contribution in [0.4, 0.5) is 0 Å². The molecule has 1 aromatic heterocycles. The van der Waals surface area contributed by atoms with Crippen LogP contribution in [0.3, 0.4) is 0 Å². The molecule has 0 unspecified atom stereocenters. The van der Waals surface area contributed by atoms with E-state index in [4.69, 9.17) is 0 Å². The van der Waals surface area contributed by atoms with Gasteiger partial charge in [0.2, 0.25) is 0 Å². The monoisotopic (exact) mass is 247 g/mol. The van der Waals surface area contributed by atoms with Crippen molar-refractivity contribution < 1.29 is 9.90 Å². The second-order valence-corrected chi connectivity index (χ2v) is 4.42. The lowest BCUT2D eigenvalue weighted by molar-refractivity contribution is 0.0699. The van der Waals surface area contributed by atoms with Crippen LogP contribution in [0.25, 0.3) is 11.0 Å². The van der Waals surface area contributed by atoms with Crippen LogP contribution in [0.1, 0.15) is 29.5 Å². The molecule has 2 aromatic rings. The lowest BCUT2D eigenvalue weighted by Gasteiger charge is -2.18. The fourth-order valence-corrected chi connectivity index (χ4v) is 2.14. The van der Waals surface area contributed by atoms with Gasteiger partial charge >= 0.3 is 5.97 Å². The number of fused-ring (bicyclic) bond motifs is 1.